The van der Waals surface area contributed by atoms with E-state index >= 15 is 0 Å². The molecule has 0 amide bonds. The summed E-state index contributed by atoms with van der Waals surface area (Å²) in [5, 5.41) is 0. The minimum absolute atomic E-state index is 0.271. The molecule has 1 rings (SSSR count). The van der Waals surface area contributed by atoms with E-state index < -0.39 is 11.3 Å². The third kappa shape index (κ3) is 2.77. The van der Waals surface area contributed by atoms with E-state index in [1.807, 2.05) is 20.8 Å². The van der Waals surface area contributed by atoms with Gasteiger partial charge in [0.15, 0.2) is 0 Å². The zero-order valence-corrected chi connectivity index (χ0v) is 7.92. The van der Waals surface area contributed by atoms with Crippen LogP contribution in [0.15, 0.2) is 11.0 Å². The lowest BCUT2D eigenvalue weighted by molar-refractivity contribution is 0.124. The van der Waals surface area contributed by atoms with Crippen LogP contribution in [0.5, 0.6) is 5.88 Å². The van der Waals surface area contributed by atoms with Crippen LogP contribution in [0.3, 0.4) is 0 Å². The normalized spacial score (nSPS) is 11.3. The standard InChI is InChI=1S/C8H13N3O2/c1-8(2,3)13-6-5(9)4-10-7(12)11-6/h4H,9H2,1-3H3,(H,10,11,12). The lowest BCUT2D eigenvalue weighted by atomic mass is 10.2. The summed E-state index contributed by atoms with van der Waals surface area (Å²) >= 11 is 0. The van der Waals surface area contributed by atoms with Crippen molar-refractivity contribution in [2.75, 3.05) is 5.73 Å². The van der Waals surface area contributed by atoms with Crippen LogP contribution < -0.4 is 16.2 Å². The first-order valence-corrected chi connectivity index (χ1v) is 3.92. The molecule has 1 aromatic rings. The minimum Gasteiger partial charge on any atom is -0.472 e. The second kappa shape index (κ2) is 3.08. The highest BCUT2D eigenvalue weighted by atomic mass is 16.5. The average molecular weight is 183 g/mol. The van der Waals surface area contributed by atoms with E-state index in [1.54, 1.807) is 0 Å². The number of hydrogen-bond donors (Lipinski definition) is 2. The summed E-state index contributed by atoms with van der Waals surface area (Å²) in [5.41, 5.74) is 5.01. The van der Waals surface area contributed by atoms with E-state index in [-0.39, 0.29) is 5.88 Å². The molecule has 0 saturated carbocycles. The van der Waals surface area contributed by atoms with Gasteiger partial charge in [0.25, 0.3) is 0 Å². The lowest BCUT2D eigenvalue weighted by Crippen LogP contribution is -2.26. The van der Waals surface area contributed by atoms with Gasteiger partial charge in [0.1, 0.15) is 11.3 Å². The fourth-order valence-corrected chi connectivity index (χ4v) is 0.779. The van der Waals surface area contributed by atoms with Gasteiger partial charge in [-0.2, -0.15) is 4.98 Å². The Balaban J connectivity index is 3.01. The molecule has 5 heteroatoms. The van der Waals surface area contributed by atoms with Crippen molar-refractivity contribution in [3.05, 3.63) is 16.7 Å². The first-order valence-electron chi connectivity index (χ1n) is 3.92. The maximum absolute atomic E-state index is 10.8. The Labute approximate surface area is 75.9 Å². The molecule has 1 aromatic heterocycles. The van der Waals surface area contributed by atoms with E-state index in [0.717, 1.165) is 0 Å². The average Bonchev–Trinajstić information content (AvgIpc) is 1.94. The summed E-state index contributed by atoms with van der Waals surface area (Å²) in [6.07, 6.45) is 1.28. The van der Waals surface area contributed by atoms with Crippen molar-refractivity contribution in [1.29, 1.82) is 0 Å². The Morgan fingerprint density at radius 2 is 2.15 bits per heavy atom. The molecule has 0 aliphatic rings. The molecule has 3 N–H and O–H groups in total. The quantitative estimate of drug-likeness (QED) is 0.665. The number of aromatic nitrogens is 2. The topological polar surface area (TPSA) is 81.0 Å². The molecule has 0 fully saturated rings. The smallest absolute Gasteiger partial charge is 0.347 e. The molecule has 5 nitrogen and oxygen atoms in total. The molecule has 0 radical (unpaired) electrons. The van der Waals surface area contributed by atoms with Gasteiger partial charge in [-0.25, -0.2) is 4.79 Å². The van der Waals surface area contributed by atoms with Gasteiger partial charge < -0.3 is 10.5 Å². The van der Waals surface area contributed by atoms with Gasteiger partial charge in [0.05, 0.1) is 6.20 Å². The van der Waals surface area contributed by atoms with Crippen LogP contribution in [0.25, 0.3) is 0 Å². The number of rotatable bonds is 1. The van der Waals surface area contributed by atoms with Gasteiger partial charge in [-0.1, -0.05) is 0 Å². The predicted octanol–water partition coefficient (Wildman–Crippen LogP) is 0.529. The third-order valence-corrected chi connectivity index (χ3v) is 1.21. The van der Waals surface area contributed by atoms with Gasteiger partial charge in [0.2, 0.25) is 5.88 Å². The largest absolute Gasteiger partial charge is 0.472 e. The van der Waals surface area contributed by atoms with Crippen molar-refractivity contribution in [2.24, 2.45) is 0 Å². The van der Waals surface area contributed by atoms with Crippen molar-refractivity contribution in [1.82, 2.24) is 9.97 Å². The zero-order chi connectivity index (χ0) is 10.1. The predicted molar refractivity (Wildman–Crippen MR) is 49.7 cm³/mol. The number of aromatic amines is 1. The summed E-state index contributed by atoms with van der Waals surface area (Å²) in [6, 6.07) is 0. The molecular formula is C8H13N3O2. The van der Waals surface area contributed by atoms with Crippen LogP contribution in [-0.2, 0) is 0 Å². The highest BCUT2D eigenvalue weighted by molar-refractivity contribution is 5.44. The Kier molecular flexibility index (Phi) is 2.27. The van der Waals surface area contributed by atoms with E-state index in [0.29, 0.717) is 5.69 Å². The van der Waals surface area contributed by atoms with Crippen LogP contribution in [0.4, 0.5) is 5.69 Å². The maximum Gasteiger partial charge on any atom is 0.347 e. The fraction of sp³-hybridized carbons (Fsp3) is 0.500. The summed E-state index contributed by atoms with van der Waals surface area (Å²) in [7, 11) is 0. The van der Waals surface area contributed by atoms with Crippen LogP contribution in [0.1, 0.15) is 20.8 Å². The molecule has 0 aliphatic heterocycles. The van der Waals surface area contributed by atoms with Gasteiger partial charge in [-0.05, 0) is 20.8 Å². The van der Waals surface area contributed by atoms with Gasteiger partial charge in [0, 0.05) is 0 Å². The molecule has 72 valence electrons. The number of nitrogens with two attached hydrogens (primary N) is 1. The van der Waals surface area contributed by atoms with Crippen molar-refractivity contribution in [3.8, 4) is 5.88 Å². The van der Waals surface area contributed by atoms with Crippen LogP contribution in [-0.4, -0.2) is 15.6 Å². The Morgan fingerprint density at radius 1 is 1.54 bits per heavy atom. The fourth-order valence-electron chi connectivity index (χ4n) is 0.779. The molecule has 0 spiro atoms. The molecule has 0 aliphatic carbocycles. The first kappa shape index (κ1) is 9.57. The highest BCUT2D eigenvalue weighted by Crippen LogP contribution is 2.19. The molecule has 0 unspecified atom stereocenters. The summed E-state index contributed by atoms with van der Waals surface area (Å²) < 4.78 is 5.39. The van der Waals surface area contributed by atoms with E-state index in [1.165, 1.54) is 6.20 Å². The van der Waals surface area contributed by atoms with Crippen molar-refractivity contribution in [3.63, 3.8) is 0 Å². The number of nitrogen functional groups attached to an aromatic ring is 1. The molecule has 13 heavy (non-hydrogen) atoms. The van der Waals surface area contributed by atoms with Crippen LogP contribution in [0.2, 0.25) is 0 Å². The monoisotopic (exact) mass is 183 g/mol. The molecule has 1 heterocycles. The van der Waals surface area contributed by atoms with Crippen molar-refractivity contribution < 1.29 is 4.74 Å². The minimum atomic E-state index is -0.464. The van der Waals surface area contributed by atoms with Crippen molar-refractivity contribution >= 4 is 5.69 Å². The SMILES string of the molecule is CC(C)(C)Oc1[nH]c(=O)ncc1N. The van der Waals surface area contributed by atoms with Gasteiger partial charge in [-0.15, -0.1) is 0 Å². The van der Waals surface area contributed by atoms with Gasteiger partial charge in [-0.3, -0.25) is 4.98 Å². The molecular weight excluding hydrogens is 170 g/mol. The summed E-state index contributed by atoms with van der Waals surface area (Å²) in [6.45, 7) is 5.60. The number of ether oxygens (including phenoxy) is 1. The number of nitrogens with one attached hydrogen (secondary N) is 1. The van der Waals surface area contributed by atoms with E-state index in [9.17, 15) is 4.79 Å². The van der Waals surface area contributed by atoms with Crippen LogP contribution >= 0.6 is 0 Å². The number of anilines is 1. The van der Waals surface area contributed by atoms with Crippen LogP contribution in [0, 0.1) is 0 Å². The molecule has 0 atom stereocenters. The second-order valence-electron chi connectivity index (χ2n) is 3.69. The Hall–Kier alpha value is -1.52. The van der Waals surface area contributed by atoms with E-state index in [2.05, 4.69) is 9.97 Å². The van der Waals surface area contributed by atoms with E-state index in [4.69, 9.17) is 10.5 Å². The Morgan fingerprint density at radius 3 is 2.69 bits per heavy atom. The lowest BCUT2D eigenvalue weighted by Gasteiger charge is -2.21. The zero-order valence-electron chi connectivity index (χ0n) is 7.92. The summed E-state index contributed by atoms with van der Waals surface area (Å²) in [5.74, 6) is 0.271. The van der Waals surface area contributed by atoms with Gasteiger partial charge >= 0.3 is 5.69 Å². The Bertz CT molecular complexity index is 351. The maximum atomic E-state index is 10.8. The molecule has 0 saturated heterocycles. The third-order valence-electron chi connectivity index (χ3n) is 1.21. The molecule has 0 aromatic carbocycles. The second-order valence-corrected chi connectivity index (χ2v) is 3.69. The number of H-pyrrole nitrogens is 1. The number of nitrogens with zero attached hydrogens (tertiary/aromatic N) is 1. The molecule has 0 bridgehead atoms. The van der Waals surface area contributed by atoms with Crippen molar-refractivity contribution in [2.45, 2.75) is 26.4 Å². The highest BCUT2D eigenvalue weighted by Gasteiger charge is 2.14. The first-order chi connectivity index (χ1) is 5.88. The number of hydrogen-bond acceptors (Lipinski definition) is 4. The summed E-state index contributed by atoms with van der Waals surface area (Å²) in [4.78, 5) is 16.7.